The minimum Gasteiger partial charge on any atom is -0.461 e. The number of aromatic nitrogens is 4. The van der Waals surface area contributed by atoms with Crippen molar-refractivity contribution in [2.24, 2.45) is 0 Å². The van der Waals surface area contributed by atoms with E-state index in [1.54, 1.807) is 18.0 Å². The summed E-state index contributed by atoms with van der Waals surface area (Å²) >= 11 is 7.72. The number of hydrogen-bond donors (Lipinski definition) is 0. The zero-order valence-corrected chi connectivity index (χ0v) is 19.3. The van der Waals surface area contributed by atoms with Gasteiger partial charge in [0.25, 0.3) is 0 Å². The third kappa shape index (κ3) is 4.48. The number of halogens is 1. The molecule has 0 radical (unpaired) electrons. The SMILES string of the molecule is CC(c1nnc(SCc2cc(-c3ccco3)on2)n1-c1ccc(Cl)cc1)N1CCCCC1. The predicted octanol–water partition coefficient (Wildman–Crippen LogP) is 6.01. The maximum absolute atomic E-state index is 6.14. The Hall–Kier alpha value is -2.55. The van der Waals surface area contributed by atoms with Crippen LogP contribution in [0.2, 0.25) is 5.02 Å². The Labute approximate surface area is 195 Å². The molecule has 0 spiro atoms. The first-order valence-electron chi connectivity index (χ1n) is 10.8. The summed E-state index contributed by atoms with van der Waals surface area (Å²) in [5, 5.41) is 14.8. The Morgan fingerprint density at radius 3 is 2.62 bits per heavy atom. The molecule has 1 aromatic carbocycles. The lowest BCUT2D eigenvalue weighted by Gasteiger charge is -2.31. The summed E-state index contributed by atoms with van der Waals surface area (Å²) in [5.41, 5.74) is 1.81. The molecule has 5 rings (SSSR count). The van der Waals surface area contributed by atoms with E-state index in [1.807, 2.05) is 42.5 Å². The van der Waals surface area contributed by atoms with Gasteiger partial charge < -0.3 is 8.94 Å². The van der Waals surface area contributed by atoms with Crippen molar-refractivity contribution in [3.8, 4) is 17.2 Å². The van der Waals surface area contributed by atoms with E-state index in [2.05, 4.69) is 31.7 Å². The monoisotopic (exact) mass is 469 g/mol. The maximum atomic E-state index is 6.14. The highest BCUT2D eigenvalue weighted by molar-refractivity contribution is 7.98. The number of benzene rings is 1. The molecular formula is C23H24ClN5O2S. The number of hydrogen-bond acceptors (Lipinski definition) is 7. The van der Waals surface area contributed by atoms with Crippen molar-refractivity contribution < 1.29 is 8.94 Å². The van der Waals surface area contributed by atoms with Gasteiger partial charge in [-0.1, -0.05) is 34.9 Å². The Balaban J connectivity index is 1.41. The molecule has 3 aromatic heterocycles. The smallest absolute Gasteiger partial charge is 0.202 e. The maximum Gasteiger partial charge on any atom is 0.202 e. The van der Waals surface area contributed by atoms with Gasteiger partial charge in [-0.2, -0.15) is 0 Å². The van der Waals surface area contributed by atoms with Gasteiger partial charge in [-0.15, -0.1) is 10.2 Å². The minimum atomic E-state index is 0.172. The first kappa shape index (κ1) is 21.3. The molecule has 4 heterocycles. The summed E-state index contributed by atoms with van der Waals surface area (Å²) in [6.07, 6.45) is 5.37. The lowest BCUT2D eigenvalue weighted by molar-refractivity contribution is 0.167. The van der Waals surface area contributed by atoms with Gasteiger partial charge in [0.05, 0.1) is 18.0 Å². The van der Waals surface area contributed by atoms with Crippen molar-refractivity contribution in [2.45, 2.75) is 43.1 Å². The molecule has 0 amide bonds. The van der Waals surface area contributed by atoms with E-state index in [1.165, 1.54) is 19.3 Å². The van der Waals surface area contributed by atoms with E-state index in [-0.39, 0.29) is 6.04 Å². The van der Waals surface area contributed by atoms with E-state index in [0.29, 0.717) is 22.3 Å². The average Bonchev–Trinajstić information content (AvgIpc) is 3.59. The van der Waals surface area contributed by atoms with Crippen LogP contribution in [0, 0.1) is 0 Å². The number of rotatable bonds is 7. The van der Waals surface area contributed by atoms with Crippen molar-refractivity contribution in [3.63, 3.8) is 0 Å². The Bertz CT molecular complexity index is 1150. The Morgan fingerprint density at radius 1 is 1.06 bits per heavy atom. The summed E-state index contributed by atoms with van der Waals surface area (Å²) in [4.78, 5) is 2.49. The molecule has 7 nitrogen and oxygen atoms in total. The van der Waals surface area contributed by atoms with Crippen molar-refractivity contribution in [1.82, 2.24) is 24.8 Å². The summed E-state index contributed by atoms with van der Waals surface area (Å²) in [7, 11) is 0. The molecule has 1 saturated heterocycles. The fourth-order valence-electron chi connectivity index (χ4n) is 4.00. The molecule has 166 valence electrons. The lowest BCUT2D eigenvalue weighted by Crippen LogP contribution is -2.33. The highest BCUT2D eigenvalue weighted by Crippen LogP contribution is 2.31. The van der Waals surface area contributed by atoms with Crippen LogP contribution in [0.1, 0.15) is 43.7 Å². The van der Waals surface area contributed by atoms with Crippen LogP contribution >= 0.6 is 23.4 Å². The van der Waals surface area contributed by atoms with Crippen LogP contribution in [0.15, 0.2) is 62.8 Å². The van der Waals surface area contributed by atoms with Crippen LogP contribution in [0.5, 0.6) is 0 Å². The van der Waals surface area contributed by atoms with Gasteiger partial charge in [0, 0.05) is 22.5 Å². The summed E-state index contributed by atoms with van der Waals surface area (Å²) in [6.45, 7) is 4.39. The Kier molecular flexibility index (Phi) is 6.34. The predicted molar refractivity (Wildman–Crippen MR) is 124 cm³/mol. The van der Waals surface area contributed by atoms with E-state index in [4.69, 9.17) is 20.5 Å². The Morgan fingerprint density at radius 2 is 1.88 bits per heavy atom. The van der Waals surface area contributed by atoms with Crippen molar-refractivity contribution in [3.05, 3.63) is 65.3 Å². The van der Waals surface area contributed by atoms with Crippen LogP contribution in [-0.2, 0) is 5.75 Å². The summed E-state index contributed by atoms with van der Waals surface area (Å²) in [5.74, 6) is 2.82. The van der Waals surface area contributed by atoms with Gasteiger partial charge in [0.2, 0.25) is 5.76 Å². The fraction of sp³-hybridized carbons (Fsp3) is 0.348. The van der Waals surface area contributed by atoms with Crippen LogP contribution in [0.3, 0.4) is 0 Å². The van der Waals surface area contributed by atoms with Gasteiger partial charge in [-0.05, 0) is 69.3 Å². The quantitative estimate of drug-likeness (QED) is 0.307. The van der Waals surface area contributed by atoms with E-state index < -0.39 is 0 Å². The molecule has 9 heteroatoms. The van der Waals surface area contributed by atoms with Gasteiger partial charge in [0.1, 0.15) is 0 Å². The zero-order valence-electron chi connectivity index (χ0n) is 17.8. The van der Waals surface area contributed by atoms with Crippen LogP contribution < -0.4 is 0 Å². The fourth-order valence-corrected chi connectivity index (χ4v) is 4.97. The van der Waals surface area contributed by atoms with Crippen LogP contribution in [-0.4, -0.2) is 37.9 Å². The molecule has 1 aliphatic rings. The highest BCUT2D eigenvalue weighted by atomic mass is 35.5. The second-order valence-corrected chi connectivity index (χ2v) is 9.25. The average molecular weight is 470 g/mol. The van der Waals surface area contributed by atoms with Gasteiger partial charge in [-0.3, -0.25) is 9.47 Å². The molecule has 0 saturated carbocycles. The minimum absolute atomic E-state index is 0.172. The standard InChI is InChI=1S/C23H24ClN5O2S/c1-16(28-11-3-2-4-12-28)22-25-26-23(29(22)19-9-7-17(24)8-10-19)32-15-18-14-21(31-27-18)20-6-5-13-30-20/h5-10,13-14,16H,2-4,11-12,15H2,1H3. The van der Waals surface area contributed by atoms with Crippen LogP contribution in [0.4, 0.5) is 0 Å². The van der Waals surface area contributed by atoms with E-state index in [0.717, 1.165) is 35.5 Å². The van der Waals surface area contributed by atoms with Crippen LogP contribution in [0.25, 0.3) is 17.2 Å². The van der Waals surface area contributed by atoms with Crippen molar-refractivity contribution in [1.29, 1.82) is 0 Å². The molecule has 1 aliphatic heterocycles. The zero-order chi connectivity index (χ0) is 21.9. The summed E-state index contributed by atoms with van der Waals surface area (Å²) in [6, 6.07) is 13.6. The number of furan rings is 1. The van der Waals surface area contributed by atoms with Crippen molar-refractivity contribution in [2.75, 3.05) is 13.1 Å². The lowest BCUT2D eigenvalue weighted by atomic mass is 10.1. The summed E-state index contributed by atoms with van der Waals surface area (Å²) < 4.78 is 12.9. The first-order valence-corrected chi connectivity index (χ1v) is 12.1. The largest absolute Gasteiger partial charge is 0.461 e. The third-order valence-electron chi connectivity index (χ3n) is 5.73. The molecule has 1 unspecified atom stereocenters. The second kappa shape index (κ2) is 9.52. The van der Waals surface area contributed by atoms with Gasteiger partial charge in [-0.25, -0.2) is 0 Å². The molecule has 32 heavy (non-hydrogen) atoms. The van der Waals surface area contributed by atoms with Gasteiger partial charge >= 0.3 is 0 Å². The van der Waals surface area contributed by atoms with Gasteiger partial charge in [0.15, 0.2) is 16.7 Å². The normalized spacial score (nSPS) is 15.8. The molecule has 0 bridgehead atoms. The molecule has 0 N–H and O–H groups in total. The number of nitrogens with zero attached hydrogens (tertiary/aromatic N) is 5. The number of thioether (sulfide) groups is 1. The van der Waals surface area contributed by atoms with Crippen molar-refractivity contribution >= 4 is 23.4 Å². The van der Waals surface area contributed by atoms with E-state index >= 15 is 0 Å². The molecule has 1 fully saturated rings. The topological polar surface area (TPSA) is 73.1 Å². The number of likely N-dealkylation sites (tertiary alicyclic amines) is 1. The molecule has 1 atom stereocenters. The first-order chi connectivity index (χ1) is 15.7. The molecular weight excluding hydrogens is 446 g/mol. The molecule has 0 aliphatic carbocycles. The number of piperidine rings is 1. The third-order valence-corrected chi connectivity index (χ3v) is 6.94. The second-order valence-electron chi connectivity index (χ2n) is 7.87. The van der Waals surface area contributed by atoms with E-state index in [9.17, 15) is 0 Å². The highest BCUT2D eigenvalue weighted by Gasteiger charge is 2.25. The molecule has 4 aromatic rings.